The Morgan fingerprint density at radius 2 is 1.54 bits per heavy atom. The fraction of sp³-hybridized carbons (Fsp3) is 0.694. The van der Waals surface area contributed by atoms with Crippen molar-refractivity contribution in [3.63, 3.8) is 0 Å². The molecule has 0 aromatic heterocycles. The average Bonchev–Trinajstić information content (AvgIpc) is 3.51. The van der Waals surface area contributed by atoms with Gasteiger partial charge in [0.2, 0.25) is 0 Å². The lowest BCUT2D eigenvalue weighted by Crippen LogP contribution is -2.51. The second-order valence-corrected chi connectivity index (χ2v) is 19.6. The maximum Gasteiger partial charge on any atom is 0.338 e. The molecule has 4 fully saturated rings. The van der Waals surface area contributed by atoms with Crippen LogP contribution in [0.1, 0.15) is 135 Å². The van der Waals surface area contributed by atoms with Gasteiger partial charge in [-0.05, 0) is 140 Å². The molecule has 296 valence electrons. The lowest BCUT2D eigenvalue weighted by Gasteiger charge is -2.58. The van der Waals surface area contributed by atoms with Crippen molar-refractivity contribution >= 4 is 5.97 Å². The minimum absolute atomic E-state index is 0.0320. The Kier molecular flexibility index (Phi) is 12.4. The lowest BCUT2D eigenvalue weighted by atomic mass is 9.47. The van der Waals surface area contributed by atoms with E-state index in [4.69, 9.17) is 18.9 Å². The fourth-order valence-corrected chi connectivity index (χ4v) is 11.9. The number of allylic oxidation sites excluding steroid dienone is 1. The molecule has 2 aromatic rings. The summed E-state index contributed by atoms with van der Waals surface area (Å²) in [6.45, 7) is 18.6. The number of carbonyl (C=O) groups excluding carboxylic acids is 1. The number of carbonyl (C=O) groups is 1. The Hall–Kier alpha value is -2.63. The largest absolute Gasteiger partial charge is 0.494 e. The van der Waals surface area contributed by atoms with Crippen LogP contribution >= 0.6 is 0 Å². The fourth-order valence-electron chi connectivity index (χ4n) is 11.9. The van der Waals surface area contributed by atoms with Crippen LogP contribution in [0.2, 0.25) is 0 Å². The molecule has 4 aliphatic carbocycles. The Morgan fingerprint density at radius 1 is 0.815 bits per heavy atom. The summed E-state index contributed by atoms with van der Waals surface area (Å²) in [7, 11) is 0. The summed E-state index contributed by atoms with van der Waals surface area (Å²) < 4.78 is 23.3. The Balaban J connectivity index is 0.870. The van der Waals surface area contributed by atoms with Crippen LogP contribution in [0.15, 0.2) is 60.2 Å². The van der Waals surface area contributed by atoms with E-state index in [1.807, 2.05) is 36.4 Å². The molecule has 1 saturated heterocycles. The van der Waals surface area contributed by atoms with Crippen LogP contribution in [0.25, 0.3) is 11.1 Å². The van der Waals surface area contributed by atoms with Crippen molar-refractivity contribution in [2.75, 3.05) is 33.0 Å². The molecule has 0 bridgehead atoms. The molecule has 8 atom stereocenters. The van der Waals surface area contributed by atoms with Gasteiger partial charge in [-0.2, -0.15) is 0 Å². The topological polar surface area (TPSA) is 54.0 Å². The maximum absolute atomic E-state index is 13.4. The monoisotopic (exact) mass is 739 g/mol. The SMILES string of the molecule is CC(C)CCCC(C)C1CCC2C3CC=C4CC(OC(=O)c5ccc(-c6ccc(OCCCCOCC7(C)COC7)cc6)cc5)CCC4(C)C3CCC12C. The molecular weight excluding hydrogens is 669 g/mol. The number of rotatable bonds is 16. The van der Waals surface area contributed by atoms with Crippen molar-refractivity contribution in [2.45, 2.75) is 131 Å². The molecule has 5 nitrogen and oxygen atoms in total. The van der Waals surface area contributed by atoms with E-state index in [1.165, 1.54) is 51.4 Å². The predicted octanol–water partition coefficient (Wildman–Crippen LogP) is 12.1. The van der Waals surface area contributed by atoms with Crippen LogP contribution < -0.4 is 4.74 Å². The third-order valence-electron chi connectivity index (χ3n) is 15.1. The molecule has 0 radical (unpaired) electrons. The van der Waals surface area contributed by atoms with Crippen molar-refractivity contribution < 1.29 is 23.7 Å². The Bertz CT molecular complexity index is 1570. The van der Waals surface area contributed by atoms with Gasteiger partial charge in [0.1, 0.15) is 11.9 Å². The highest BCUT2D eigenvalue weighted by molar-refractivity contribution is 5.90. The zero-order valence-electron chi connectivity index (χ0n) is 34.5. The first kappa shape index (κ1) is 39.6. The van der Waals surface area contributed by atoms with E-state index in [9.17, 15) is 4.79 Å². The molecule has 2 aromatic carbocycles. The summed E-state index contributed by atoms with van der Waals surface area (Å²) in [6.07, 6.45) is 18.6. The molecule has 54 heavy (non-hydrogen) atoms. The zero-order chi connectivity index (χ0) is 37.9. The molecule has 0 spiro atoms. The molecule has 1 aliphatic heterocycles. The van der Waals surface area contributed by atoms with Crippen molar-refractivity contribution in [1.29, 1.82) is 0 Å². The summed E-state index contributed by atoms with van der Waals surface area (Å²) in [6, 6.07) is 16.1. The first-order chi connectivity index (χ1) is 26.0. The van der Waals surface area contributed by atoms with Crippen LogP contribution in [-0.4, -0.2) is 45.1 Å². The average molecular weight is 739 g/mol. The third kappa shape index (κ3) is 8.53. The number of hydrogen-bond donors (Lipinski definition) is 0. The summed E-state index contributed by atoms with van der Waals surface area (Å²) in [4.78, 5) is 13.4. The Labute approximate surface area is 327 Å². The predicted molar refractivity (Wildman–Crippen MR) is 219 cm³/mol. The summed E-state index contributed by atoms with van der Waals surface area (Å²) >= 11 is 0. The van der Waals surface area contributed by atoms with E-state index in [2.05, 4.69) is 59.8 Å². The van der Waals surface area contributed by atoms with Gasteiger partial charge in [-0.25, -0.2) is 4.79 Å². The van der Waals surface area contributed by atoms with E-state index in [-0.39, 0.29) is 22.9 Å². The van der Waals surface area contributed by atoms with E-state index in [1.54, 1.807) is 5.57 Å². The number of unbranched alkanes of at least 4 members (excludes halogenated alkanes) is 1. The van der Waals surface area contributed by atoms with Crippen molar-refractivity contribution in [3.8, 4) is 16.9 Å². The molecule has 0 amide bonds. The van der Waals surface area contributed by atoms with Crippen molar-refractivity contribution in [1.82, 2.24) is 0 Å². The molecule has 0 N–H and O–H groups in total. The highest BCUT2D eigenvalue weighted by Gasteiger charge is 2.59. The number of esters is 1. The van der Waals surface area contributed by atoms with E-state index < -0.39 is 0 Å². The van der Waals surface area contributed by atoms with Gasteiger partial charge in [0, 0.05) is 18.4 Å². The standard InChI is InChI=1S/C49H70O5/c1-34(2)10-9-11-35(3)43-22-23-44-42-21-18-39-30-41(24-26-48(39,5)45(42)25-27-49(43,44)6)54-46(50)38-14-12-36(13-15-38)37-16-19-40(20-17-37)53-29-8-7-28-51-31-47(4)32-52-33-47/h12-20,34-35,41-45H,7-11,21-33H2,1-6H3. The van der Waals surface area contributed by atoms with E-state index in [0.717, 1.165) is 111 Å². The van der Waals surface area contributed by atoms with Crippen LogP contribution in [0.5, 0.6) is 5.75 Å². The number of benzene rings is 2. The number of fused-ring (bicyclic) bond motifs is 5. The number of ether oxygens (including phenoxy) is 4. The first-order valence-electron chi connectivity index (χ1n) is 21.9. The first-order valence-corrected chi connectivity index (χ1v) is 21.9. The van der Waals surface area contributed by atoms with Gasteiger partial charge in [0.25, 0.3) is 0 Å². The minimum atomic E-state index is -0.196. The second kappa shape index (κ2) is 16.8. The second-order valence-electron chi connectivity index (χ2n) is 19.6. The molecule has 5 aliphatic rings. The van der Waals surface area contributed by atoms with Crippen molar-refractivity contribution in [3.05, 3.63) is 65.7 Å². The van der Waals surface area contributed by atoms with Crippen LogP contribution in [-0.2, 0) is 14.2 Å². The smallest absolute Gasteiger partial charge is 0.338 e. The maximum atomic E-state index is 13.4. The van der Waals surface area contributed by atoms with Crippen LogP contribution in [0.4, 0.5) is 0 Å². The van der Waals surface area contributed by atoms with Gasteiger partial charge in [-0.3, -0.25) is 0 Å². The summed E-state index contributed by atoms with van der Waals surface area (Å²) in [5, 5.41) is 0. The highest BCUT2D eigenvalue weighted by Crippen LogP contribution is 2.67. The zero-order valence-corrected chi connectivity index (χ0v) is 34.5. The Morgan fingerprint density at radius 3 is 2.24 bits per heavy atom. The third-order valence-corrected chi connectivity index (χ3v) is 15.1. The normalized spacial score (nSPS) is 31.8. The van der Waals surface area contributed by atoms with Crippen molar-refractivity contribution in [2.24, 2.45) is 51.8 Å². The molecular formula is C49H70O5. The molecule has 1 heterocycles. The van der Waals surface area contributed by atoms with Gasteiger partial charge in [0.15, 0.2) is 0 Å². The van der Waals surface area contributed by atoms with Gasteiger partial charge >= 0.3 is 5.97 Å². The van der Waals surface area contributed by atoms with Gasteiger partial charge in [-0.1, -0.05) is 96.7 Å². The lowest BCUT2D eigenvalue weighted by molar-refractivity contribution is -0.138. The summed E-state index contributed by atoms with van der Waals surface area (Å²) in [5.74, 6) is 5.71. The van der Waals surface area contributed by atoms with Gasteiger partial charge in [0.05, 0.1) is 32.0 Å². The highest BCUT2D eigenvalue weighted by atomic mass is 16.5. The van der Waals surface area contributed by atoms with Gasteiger partial charge in [-0.15, -0.1) is 0 Å². The minimum Gasteiger partial charge on any atom is -0.494 e. The van der Waals surface area contributed by atoms with Crippen LogP contribution in [0.3, 0.4) is 0 Å². The molecule has 3 saturated carbocycles. The molecule has 5 heteroatoms. The quantitative estimate of drug-likeness (QED) is 0.0975. The van der Waals surface area contributed by atoms with Crippen LogP contribution in [0, 0.1) is 51.8 Å². The number of hydrogen-bond acceptors (Lipinski definition) is 5. The van der Waals surface area contributed by atoms with E-state index in [0.29, 0.717) is 17.6 Å². The van der Waals surface area contributed by atoms with E-state index >= 15 is 0 Å². The molecule has 7 rings (SSSR count). The molecule has 8 unspecified atom stereocenters. The van der Waals surface area contributed by atoms with Gasteiger partial charge < -0.3 is 18.9 Å². The summed E-state index contributed by atoms with van der Waals surface area (Å²) in [5.41, 5.74) is 5.37.